The zero-order valence-corrected chi connectivity index (χ0v) is 8.61. The standard InChI is InChI=1S/C8H8N2OS2/c1-13(12)10-7-5-3-2-4-6(7)9-8(10)11/h2-5H,1H3,(H,9,11). The molecule has 3 nitrogen and oxygen atoms in total. The molecule has 0 spiro atoms. The van der Waals surface area contributed by atoms with Crippen LogP contribution >= 0.6 is 0 Å². The SMILES string of the molecule is CS(=S)n1c(=O)[nH]c2ccccc21. The van der Waals surface area contributed by atoms with Crippen molar-refractivity contribution in [3.8, 4) is 0 Å². The van der Waals surface area contributed by atoms with Crippen LogP contribution in [-0.2, 0) is 20.8 Å². The molecular formula is C8H8N2OS2. The first kappa shape index (κ1) is 8.65. The van der Waals surface area contributed by atoms with Crippen LogP contribution in [0, 0.1) is 0 Å². The molecule has 68 valence electrons. The molecule has 1 atom stereocenters. The molecule has 1 unspecified atom stereocenters. The fourth-order valence-electron chi connectivity index (χ4n) is 1.29. The summed E-state index contributed by atoms with van der Waals surface area (Å²) >= 11 is 5.08. The van der Waals surface area contributed by atoms with Crippen molar-refractivity contribution in [2.24, 2.45) is 0 Å². The van der Waals surface area contributed by atoms with Gasteiger partial charge in [0.2, 0.25) is 0 Å². The summed E-state index contributed by atoms with van der Waals surface area (Å²) < 4.78 is 1.60. The third-order valence-corrected chi connectivity index (χ3v) is 3.13. The fourth-order valence-corrected chi connectivity index (χ4v) is 2.45. The van der Waals surface area contributed by atoms with E-state index in [1.807, 2.05) is 30.5 Å². The van der Waals surface area contributed by atoms with Gasteiger partial charge in [-0.05, 0) is 33.0 Å². The van der Waals surface area contributed by atoms with Gasteiger partial charge in [-0.3, -0.25) is 0 Å². The minimum atomic E-state index is -0.478. The van der Waals surface area contributed by atoms with Gasteiger partial charge in [0, 0.05) is 6.26 Å². The van der Waals surface area contributed by atoms with Gasteiger partial charge in [0.05, 0.1) is 11.0 Å². The number of hydrogen-bond donors (Lipinski definition) is 1. The Morgan fingerprint density at radius 2 is 2.15 bits per heavy atom. The summed E-state index contributed by atoms with van der Waals surface area (Å²) in [5.74, 6) is 0. The van der Waals surface area contributed by atoms with Crippen molar-refractivity contribution in [3.05, 3.63) is 34.7 Å². The van der Waals surface area contributed by atoms with E-state index in [0.717, 1.165) is 11.0 Å². The largest absolute Gasteiger partial charge is 0.336 e. The predicted octanol–water partition coefficient (Wildman–Crippen LogP) is 0.803. The average Bonchev–Trinajstić information content (AvgIpc) is 2.39. The maximum atomic E-state index is 11.4. The van der Waals surface area contributed by atoms with Crippen molar-refractivity contribution < 1.29 is 0 Å². The van der Waals surface area contributed by atoms with Crippen LogP contribution in [-0.4, -0.2) is 15.2 Å². The zero-order chi connectivity index (χ0) is 9.42. The summed E-state index contributed by atoms with van der Waals surface area (Å²) in [7, 11) is -0.478. The molecule has 1 heterocycles. The number of rotatable bonds is 1. The second-order valence-electron chi connectivity index (χ2n) is 2.67. The van der Waals surface area contributed by atoms with Gasteiger partial charge in [-0.15, -0.1) is 0 Å². The van der Waals surface area contributed by atoms with Crippen molar-refractivity contribution in [2.45, 2.75) is 0 Å². The highest BCUT2D eigenvalue weighted by Gasteiger charge is 2.05. The third-order valence-electron chi connectivity index (χ3n) is 1.81. The van der Waals surface area contributed by atoms with E-state index in [4.69, 9.17) is 11.2 Å². The van der Waals surface area contributed by atoms with Gasteiger partial charge in [0.15, 0.2) is 0 Å². The fraction of sp³-hybridized carbons (Fsp3) is 0.125. The van der Waals surface area contributed by atoms with E-state index in [1.165, 1.54) is 0 Å². The number of aromatic amines is 1. The maximum Gasteiger partial charge on any atom is 0.336 e. The second kappa shape index (κ2) is 3.08. The third kappa shape index (κ3) is 1.34. The summed E-state index contributed by atoms with van der Waals surface area (Å²) in [5, 5.41) is 0. The molecule has 1 aromatic heterocycles. The molecule has 0 bridgehead atoms. The summed E-state index contributed by atoms with van der Waals surface area (Å²) in [4.78, 5) is 14.2. The van der Waals surface area contributed by atoms with Crippen LogP contribution in [0.15, 0.2) is 29.1 Å². The molecule has 0 saturated carbocycles. The lowest BCUT2D eigenvalue weighted by molar-refractivity contribution is 1.15. The highest BCUT2D eigenvalue weighted by molar-refractivity contribution is 8.27. The molecule has 0 aliphatic rings. The van der Waals surface area contributed by atoms with Crippen LogP contribution in [0.3, 0.4) is 0 Å². The first-order valence-corrected chi connectivity index (χ1v) is 6.25. The Morgan fingerprint density at radius 1 is 1.46 bits per heavy atom. The molecule has 0 saturated heterocycles. The molecule has 1 aromatic carbocycles. The van der Waals surface area contributed by atoms with Crippen LogP contribution in [0.1, 0.15) is 0 Å². The highest BCUT2D eigenvalue weighted by Crippen LogP contribution is 2.08. The van der Waals surface area contributed by atoms with E-state index in [9.17, 15) is 4.79 Å². The first-order valence-electron chi connectivity index (χ1n) is 3.74. The van der Waals surface area contributed by atoms with Crippen molar-refractivity contribution in [3.63, 3.8) is 0 Å². The van der Waals surface area contributed by atoms with Crippen LogP contribution in [0.4, 0.5) is 0 Å². The maximum absolute atomic E-state index is 11.4. The molecule has 0 radical (unpaired) electrons. The van der Waals surface area contributed by atoms with Gasteiger partial charge in [0.1, 0.15) is 0 Å². The summed E-state index contributed by atoms with van der Waals surface area (Å²) in [6.45, 7) is 0. The zero-order valence-electron chi connectivity index (χ0n) is 6.98. The van der Waals surface area contributed by atoms with Crippen LogP contribution < -0.4 is 5.69 Å². The van der Waals surface area contributed by atoms with E-state index < -0.39 is 9.64 Å². The van der Waals surface area contributed by atoms with Crippen molar-refractivity contribution in [2.75, 3.05) is 6.26 Å². The van der Waals surface area contributed by atoms with Gasteiger partial charge in [-0.25, -0.2) is 8.77 Å². The van der Waals surface area contributed by atoms with Crippen LogP contribution in [0.2, 0.25) is 0 Å². The number of aromatic nitrogens is 2. The van der Waals surface area contributed by atoms with Gasteiger partial charge in [-0.2, -0.15) is 0 Å². The van der Waals surface area contributed by atoms with E-state index in [-0.39, 0.29) is 5.69 Å². The Labute approximate surface area is 82.1 Å². The number of H-pyrrole nitrogens is 1. The average molecular weight is 212 g/mol. The van der Waals surface area contributed by atoms with E-state index in [0.29, 0.717) is 0 Å². The van der Waals surface area contributed by atoms with E-state index in [1.54, 1.807) is 3.97 Å². The normalized spacial score (nSPS) is 13.3. The minimum absolute atomic E-state index is 0.123. The number of hydrogen-bond acceptors (Lipinski definition) is 2. The molecule has 2 rings (SSSR count). The molecule has 0 amide bonds. The Hall–Kier alpha value is -0.940. The molecule has 2 aromatic rings. The van der Waals surface area contributed by atoms with Gasteiger partial charge >= 0.3 is 5.69 Å². The molecule has 1 N–H and O–H groups in total. The van der Waals surface area contributed by atoms with Crippen LogP contribution in [0.25, 0.3) is 11.0 Å². The van der Waals surface area contributed by atoms with Gasteiger partial charge < -0.3 is 4.98 Å². The Balaban J connectivity index is 2.95. The monoisotopic (exact) mass is 212 g/mol. The number of benzene rings is 1. The number of fused-ring (bicyclic) bond motifs is 1. The lowest BCUT2D eigenvalue weighted by Crippen LogP contribution is -2.18. The number of nitrogens with zero attached hydrogens (tertiary/aromatic N) is 1. The minimum Gasteiger partial charge on any atom is -0.305 e. The number of para-hydroxylation sites is 2. The lowest BCUT2D eigenvalue weighted by Gasteiger charge is -1.98. The highest BCUT2D eigenvalue weighted by atomic mass is 32.8. The molecule has 13 heavy (non-hydrogen) atoms. The summed E-state index contributed by atoms with van der Waals surface area (Å²) in [5.41, 5.74) is 1.60. The predicted molar refractivity (Wildman–Crippen MR) is 58.6 cm³/mol. The smallest absolute Gasteiger partial charge is 0.305 e. The Kier molecular flexibility index (Phi) is 2.05. The van der Waals surface area contributed by atoms with Gasteiger partial charge in [0.25, 0.3) is 0 Å². The van der Waals surface area contributed by atoms with Crippen molar-refractivity contribution >= 4 is 31.9 Å². The Bertz CT molecular complexity index is 526. The number of nitrogens with one attached hydrogen (secondary N) is 1. The first-order chi connectivity index (χ1) is 6.20. The second-order valence-corrected chi connectivity index (χ2v) is 5.33. The summed E-state index contributed by atoms with van der Waals surface area (Å²) in [6, 6.07) is 7.55. The molecule has 0 aliphatic carbocycles. The van der Waals surface area contributed by atoms with Gasteiger partial charge in [-0.1, -0.05) is 12.1 Å². The molecule has 5 heteroatoms. The van der Waals surface area contributed by atoms with E-state index >= 15 is 0 Å². The van der Waals surface area contributed by atoms with E-state index in [2.05, 4.69) is 4.98 Å². The van der Waals surface area contributed by atoms with Crippen LogP contribution in [0.5, 0.6) is 0 Å². The number of imidazole rings is 1. The van der Waals surface area contributed by atoms with Crippen molar-refractivity contribution in [1.82, 2.24) is 8.96 Å². The molecule has 0 aliphatic heterocycles. The lowest BCUT2D eigenvalue weighted by atomic mass is 10.3. The topological polar surface area (TPSA) is 37.8 Å². The quantitative estimate of drug-likeness (QED) is 0.759. The van der Waals surface area contributed by atoms with Crippen molar-refractivity contribution in [1.29, 1.82) is 0 Å². The summed E-state index contributed by atoms with van der Waals surface area (Å²) in [6.07, 6.45) is 1.84. The molecule has 0 fully saturated rings. The Morgan fingerprint density at radius 3 is 2.85 bits per heavy atom. The molecular weight excluding hydrogens is 204 g/mol.